The molecule has 1 aliphatic rings. The monoisotopic (exact) mass is 152 g/mol. The zero-order chi connectivity index (χ0) is 8.10. The van der Waals surface area contributed by atoms with Gasteiger partial charge in [0.15, 0.2) is 0 Å². The van der Waals surface area contributed by atoms with E-state index < -0.39 is 0 Å². The summed E-state index contributed by atoms with van der Waals surface area (Å²) in [6, 6.07) is 0. The Morgan fingerprint density at radius 2 is 1.82 bits per heavy atom. The maximum atomic E-state index is 2.36. The van der Waals surface area contributed by atoms with Crippen molar-refractivity contribution in [2.24, 2.45) is 11.8 Å². The summed E-state index contributed by atoms with van der Waals surface area (Å²) in [4.78, 5) is 0. The summed E-state index contributed by atoms with van der Waals surface area (Å²) in [5, 5.41) is 0. The molecule has 0 aliphatic heterocycles. The van der Waals surface area contributed by atoms with Crippen molar-refractivity contribution >= 4 is 0 Å². The normalized spacial score (nSPS) is 29.5. The lowest BCUT2D eigenvalue weighted by Gasteiger charge is -2.20. The maximum absolute atomic E-state index is 2.36. The fourth-order valence-corrected chi connectivity index (χ4v) is 1.85. The van der Waals surface area contributed by atoms with Crippen molar-refractivity contribution in [3.8, 4) is 0 Å². The minimum Gasteiger partial charge on any atom is -0.0885 e. The van der Waals surface area contributed by atoms with Gasteiger partial charge in [-0.3, -0.25) is 0 Å². The third-order valence-corrected chi connectivity index (χ3v) is 2.76. The van der Waals surface area contributed by atoms with E-state index in [-0.39, 0.29) is 0 Å². The van der Waals surface area contributed by atoms with Crippen molar-refractivity contribution in [2.75, 3.05) is 0 Å². The molecule has 0 aromatic rings. The molecule has 0 saturated heterocycles. The van der Waals surface area contributed by atoms with Crippen molar-refractivity contribution in [3.63, 3.8) is 0 Å². The summed E-state index contributed by atoms with van der Waals surface area (Å²) in [6.45, 7) is 4.71. The number of allylic oxidation sites excluding steroid dienone is 2. The lowest BCUT2D eigenvalue weighted by molar-refractivity contribution is 0.329. The van der Waals surface area contributed by atoms with E-state index in [0.29, 0.717) is 0 Å². The topological polar surface area (TPSA) is 0 Å². The van der Waals surface area contributed by atoms with Gasteiger partial charge in [0.2, 0.25) is 0 Å². The number of rotatable bonds is 1. The minimum atomic E-state index is 0.890. The van der Waals surface area contributed by atoms with Crippen LogP contribution in [0.1, 0.15) is 46.0 Å². The maximum Gasteiger partial charge on any atom is -0.0348 e. The molecule has 0 saturated carbocycles. The summed E-state index contributed by atoms with van der Waals surface area (Å²) in [6.07, 6.45) is 11.6. The lowest BCUT2D eigenvalue weighted by atomic mass is 9.85. The molecule has 1 aliphatic carbocycles. The quantitative estimate of drug-likeness (QED) is 0.502. The first kappa shape index (κ1) is 8.83. The van der Waals surface area contributed by atoms with Gasteiger partial charge in [-0.1, -0.05) is 26.0 Å². The van der Waals surface area contributed by atoms with Crippen molar-refractivity contribution in [1.29, 1.82) is 0 Å². The molecule has 1 unspecified atom stereocenters. The molecule has 64 valence electrons. The minimum absolute atomic E-state index is 0.890. The van der Waals surface area contributed by atoms with Crippen LogP contribution in [0.4, 0.5) is 0 Å². The molecule has 0 fully saturated rings. The van der Waals surface area contributed by atoms with Gasteiger partial charge in [-0.2, -0.15) is 0 Å². The molecule has 0 nitrogen and oxygen atoms in total. The summed E-state index contributed by atoms with van der Waals surface area (Å²) in [5.41, 5.74) is 0. The molecule has 0 amide bonds. The van der Waals surface area contributed by atoms with Crippen LogP contribution in [0.3, 0.4) is 0 Å². The Labute approximate surface area is 70.7 Å². The van der Waals surface area contributed by atoms with Crippen LogP contribution in [0, 0.1) is 11.8 Å². The van der Waals surface area contributed by atoms with Gasteiger partial charge >= 0.3 is 0 Å². The zero-order valence-corrected chi connectivity index (χ0v) is 7.84. The Morgan fingerprint density at radius 1 is 1.09 bits per heavy atom. The van der Waals surface area contributed by atoms with Gasteiger partial charge in [-0.25, -0.2) is 0 Å². The van der Waals surface area contributed by atoms with E-state index in [2.05, 4.69) is 26.0 Å². The van der Waals surface area contributed by atoms with Crippen LogP contribution in [-0.2, 0) is 0 Å². The first-order chi connectivity index (χ1) is 5.30. The first-order valence-corrected chi connectivity index (χ1v) is 4.95. The van der Waals surface area contributed by atoms with E-state index >= 15 is 0 Å². The first-order valence-electron chi connectivity index (χ1n) is 4.95. The smallest absolute Gasteiger partial charge is 0.0348 e. The van der Waals surface area contributed by atoms with Crippen LogP contribution in [-0.4, -0.2) is 0 Å². The molecule has 0 aromatic carbocycles. The third-order valence-electron chi connectivity index (χ3n) is 2.76. The number of hydrogen-bond donors (Lipinski definition) is 0. The Kier molecular flexibility index (Phi) is 3.68. The Hall–Kier alpha value is -0.260. The molecule has 1 rings (SSSR count). The van der Waals surface area contributed by atoms with E-state index in [1.54, 1.807) is 0 Å². The van der Waals surface area contributed by atoms with Crippen molar-refractivity contribution in [2.45, 2.75) is 46.0 Å². The highest BCUT2D eigenvalue weighted by atomic mass is 14.2. The second kappa shape index (κ2) is 4.58. The highest BCUT2D eigenvalue weighted by Gasteiger charge is 2.12. The van der Waals surface area contributed by atoms with Crippen LogP contribution in [0.2, 0.25) is 0 Å². The summed E-state index contributed by atoms with van der Waals surface area (Å²) >= 11 is 0. The van der Waals surface area contributed by atoms with Crippen LogP contribution < -0.4 is 0 Å². The van der Waals surface area contributed by atoms with Gasteiger partial charge < -0.3 is 0 Å². The van der Waals surface area contributed by atoms with Gasteiger partial charge in [0, 0.05) is 0 Å². The average Bonchev–Trinajstić information content (AvgIpc) is 1.84. The predicted molar refractivity (Wildman–Crippen MR) is 50.6 cm³/mol. The zero-order valence-electron chi connectivity index (χ0n) is 7.84. The van der Waals surface area contributed by atoms with Crippen LogP contribution in [0.5, 0.6) is 0 Å². The largest absolute Gasteiger partial charge is 0.0885 e. The summed E-state index contributed by atoms with van der Waals surface area (Å²) in [7, 11) is 0. The second-order valence-corrected chi connectivity index (χ2v) is 3.98. The van der Waals surface area contributed by atoms with Crippen molar-refractivity contribution < 1.29 is 0 Å². The molecule has 0 bridgehead atoms. The van der Waals surface area contributed by atoms with Crippen molar-refractivity contribution in [1.82, 2.24) is 0 Å². The SMILES string of the molecule is CC(C)C1CC/C=C/CCC1. The lowest BCUT2D eigenvalue weighted by Crippen LogP contribution is -2.09. The Bertz CT molecular complexity index is 122. The predicted octanol–water partition coefficient (Wildman–Crippen LogP) is 3.78. The Balaban J connectivity index is 2.35. The second-order valence-electron chi connectivity index (χ2n) is 3.98. The van der Waals surface area contributed by atoms with E-state index in [1.165, 1.54) is 32.1 Å². The van der Waals surface area contributed by atoms with Gasteiger partial charge in [-0.05, 0) is 43.9 Å². The van der Waals surface area contributed by atoms with Gasteiger partial charge in [0.25, 0.3) is 0 Å². The van der Waals surface area contributed by atoms with Gasteiger partial charge in [-0.15, -0.1) is 0 Å². The summed E-state index contributed by atoms with van der Waals surface area (Å²) < 4.78 is 0. The molecule has 0 aromatic heterocycles. The van der Waals surface area contributed by atoms with Gasteiger partial charge in [0.05, 0.1) is 0 Å². The molecule has 0 heteroatoms. The average molecular weight is 152 g/mol. The molecule has 0 heterocycles. The van der Waals surface area contributed by atoms with Gasteiger partial charge in [0.1, 0.15) is 0 Å². The third kappa shape index (κ3) is 3.09. The molecule has 0 N–H and O–H groups in total. The Morgan fingerprint density at radius 3 is 2.55 bits per heavy atom. The van der Waals surface area contributed by atoms with Crippen LogP contribution in [0.15, 0.2) is 12.2 Å². The standard InChI is InChI=1S/C11H20/c1-10(2)11-8-6-4-3-5-7-9-11/h3-4,10-11H,5-9H2,1-2H3/b4-3+. The van der Waals surface area contributed by atoms with E-state index in [0.717, 1.165) is 11.8 Å². The van der Waals surface area contributed by atoms with E-state index in [1.807, 2.05) is 0 Å². The fraction of sp³-hybridized carbons (Fsp3) is 0.818. The highest BCUT2D eigenvalue weighted by molar-refractivity contribution is 4.85. The molecular weight excluding hydrogens is 132 g/mol. The van der Waals surface area contributed by atoms with Crippen molar-refractivity contribution in [3.05, 3.63) is 12.2 Å². The molecule has 1 atom stereocenters. The highest BCUT2D eigenvalue weighted by Crippen LogP contribution is 2.25. The van der Waals surface area contributed by atoms with Crippen LogP contribution >= 0.6 is 0 Å². The van der Waals surface area contributed by atoms with E-state index in [4.69, 9.17) is 0 Å². The number of hydrogen-bond acceptors (Lipinski definition) is 0. The molecular formula is C11H20. The molecule has 11 heavy (non-hydrogen) atoms. The molecule has 0 radical (unpaired) electrons. The molecule has 0 spiro atoms. The van der Waals surface area contributed by atoms with E-state index in [9.17, 15) is 0 Å². The fourth-order valence-electron chi connectivity index (χ4n) is 1.85. The van der Waals surface area contributed by atoms with Crippen LogP contribution in [0.25, 0.3) is 0 Å². The summed E-state index contributed by atoms with van der Waals surface area (Å²) in [5.74, 6) is 1.88.